The third-order valence-electron chi connectivity index (χ3n) is 3.95. The molecule has 0 bridgehead atoms. The average Bonchev–Trinajstić information content (AvgIpc) is 3.34. The molecule has 0 atom stereocenters. The number of esters is 1. The summed E-state index contributed by atoms with van der Waals surface area (Å²) in [6, 6.07) is 11.5. The van der Waals surface area contributed by atoms with E-state index in [9.17, 15) is 9.59 Å². The highest BCUT2D eigenvalue weighted by Crippen LogP contribution is 2.33. The van der Waals surface area contributed by atoms with Crippen LogP contribution in [0.1, 0.15) is 41.9 Å². The van der Waals surface area contributed by atoms with Gasteiger partial charge in [-0.25, -0.2) is 4.79 Å². The van der Waals surface area contributed by atoms with Crippen LogP contribution in [0.4, 0.5) is 5.00 Å². The Kier molecular flexibility index (Phi) is 7.05. The summed E-state index contributed by atoms with van der Waals surface area (Å²) < 4.78 is 6.94. The lowest BCUT2D eigenvalue weighted by Gasteiger charge is -2.07. The molecule has 0 saturated carbocycles. The van der Waals surface area contributed by atoms with Crippen molar-refractivity contribution in [3.8, 4) is 5.69 Å². The van der Waals surface area contributed by atoms with Gasteiger partial charge >= 0.3 is 5.97 Å². The van der Waals surface area contributed by atoms with Gasteiger partial charge in [0.05, 0.1) is 17.9 Å². The number of nitrogens with zero attached hydrogens (tertiary/aromatic N) is 3. The monoisotopic (exact) mass is 430 g/mol. The standard InChI is InChI=1S/C20H22N4O3S2/c1-4-27-19(26)15-10-16(13(2)3)29-18(15)22-17(25)11-28-20-23-21-12-24(20)14-8-6-5-7-9-14/h5-10,12-13H,4,11H2,1-3H3,(H,22,25). The number of carbonyl (C=O) groups is 2. The van der Waals surface area contributed by atoms with Crippen molar-refractivity contribution in [3.05, 3.63) is 53.2 Å². The number of carbonyl (C=O) groups excluding carboxylic acids is 2. The van der Waals surface area contributed by atoms with E-state index in [1.807, 2.05) is 48.7 Å². The van der Waals surface area contributed by atoms with Crippen molar-refractivity contribution in [1.29, 1.82) is 0 Å². The van der Waals surface area contributed by atoms with E-state index >= 15 is 0 Å². The maximum Gasteiger partial charge on any atom is 0.341 e. The molecule has 152 valence electrons. The minimum Gasteiger partial charge on any atom is -0.462 e. The molecule has 0 aliphatic rings. The fourth-order valence-corrected chi connectivity index (χ4v) is 4.32. The molecule has 7 nitrogen and oxygen atoms in total. The normalized spacial score (nSPS) is 10.9. The van der Waals surface area contributed by atoms with Crippen LogP contribution in [0.5, 0.6) is 0 Å². The summed E-state index contributed by atoms with van der Waals surface area (Å²) in [6.45, 7) is 6.12. The number of amides is 1. The highest BCUT2D eigenvalue weighted by Gasteiger charge is 2.20. The lowest BCUT2D eigenvalue weighted by molar-refractivity contribution is -0.113. The Labute approximate surface area is 177 Å². The van der Waals surface area contributed by atoms with Crippen LogP contribution in [-0.4, -0.2) is 39.0 Å². The summed E-state index contributed by atoms with van der Waals surface area (Å²) in [5, 5.41) is 12.0. The molecular weight excluding hydrogens is 408 g/mol. The van der Waals surface area contributed by atoms with Crippen molar-refractivity contribution < 1.29 is 14.3 Å². The Bertz CT molecular complexity index is 983. The number of benzene rings is 1. The number of thiophene rings is 1. The Morgan fingerprint density at radius 3 is 2.72 bits per heavy atom. The number of rotatable bonds is 8. The molecule has 1 aromatic carbocycles. The van der Waals surface area contributed by atoms with Gasteiger partial charge in [-0.3, -0.25) is 9.36 Å². The van der Waals surface area contributed by atoms with E-state index in [0.717, 1.165) is 10.6 Å². The predicted octanol–water partition coefficient (Wildman–Crippen LogP) is 4.36. The molecule has 0 aliphatic carbocycles. The number of thioether (sulfide) groups is 1. The van der Waals surface area contributed by atoms with Crippen LogP contribution in [0.15, 0.2) is 47.9 Å². The summed E-state index contributed by atoms with van der Waals surface area (Å²) in [7, 11) is 0. The molecule has 0 saturated heterocycles. The first-order valence-electron chi connectivity index (χ1n) is 9.18. The molecule has 0 fully saturated rings. The van der Waals surface area contributed by atoms with Gasteiger partial charge in [0.1, 0.15) is 11.3 Å². The second-order valence-corrected chi connectivity index (χ2v) is 8.45. The van der Waals surface area contributed by atoms with E-state index in [0.29, 0.717) is 15.7 Å². The second-order valence-electron chi connectivity index (χ2n) is 6.42. The molecule has 2 heterocycles. The molecular formula is C20H22N4O3S2. The van der Waals surface area contributed by atoms with E-state index in [1.54, 1.807) is 19.3 Å². The molecule has 3 rings (SSSR count). The molecule has 3 aromatic rings. The van der Waals surface area contributed by atoms with E-state index in [1.165, 1.54) is 23.1 Å². The molecule has 0 radical (unpaired) electrons. The highest BCUT2D eigenvalue weighted by molar-refractivity contribution is 7.99. The number of ether oxygens (including phenoxy) is 1. The van der Waals surface area contributed by atoms with Crippen LogP contribution >= 0.6 is 23.1 Å². The third kappa shape index (κ3) is 5.24. The summed E-state index contributed by atoms with van der Waals surface area (Å²) in [5.41, 5.74) is 1.32. The molecule has 29 heavy (non-hydrogen) atoms. The van der Waals surface area contributed by atoms with Gasteiger partial charge in [-0.2, -0.15) is 0 Å². The minimum absolute atomic E-state index is 0.142. The van der Waals surface area contributed by atoms with Crippen molar-refractivity contribution in [2.24, 2.45) is 0 Å². The largest absolute Gasteiger partial charge is 0.462 e. The van der Waals surface area contributed by atoms with Gasteiger partial charge in [-0.15, -0.1) is 21.5 Å². The van der Waals surface area contributed by atoms with Gasteiger partial charge in [0.2, 0.25) is 5.91 Å². The maximum absolute atomic E-state index is 12.5. The Balaban J connectivity index is 1.69. The third-order valence-corrected chi connectivity index (χ3v) is 6.25. The molecule has 0 aliphatic heterocycles. The van der Waals surface area contributed by atoms with Crippen LogP contribution < -0.4 is 5.32 Å². The van der Waals surface area contributed by atoms with Crippen LogP contribution in [0, 0.1) is 0 Å². The summed E-state index contributed by atoms with van der Waals surface area (Å²) in [6.07, 6.45) is 1.61. The SMILES string of the molecule is CCOC(=O)c1cc(C(C)C)sc1NC(=O)CSc1nncn1-c1ccccc1. The number of aromatic nitrogens is 3. The topological polar surface area (TPSA) is 86.1 Å². The Hall–Kier alpha value is -2.65. The van der Waals surface area contributed by atoms with Crippen molar-refractivity contribution in [3.63, 3.8) is 0 Å². The van der Waals surface area contributed by atoms with E-state index in [-0.39, 0.29) is 24.2 Å². The van der Waals surface area contributed by atoms with Crippen LogP contribution in [0.3, 0.4) is 0 Å². The summed E-state index contributed by atoms with van der Waals surface area (Å²) in [5.74, 6) is -0.261. The summed E-state index contributed by atoms with van der Waals surface area (Å²) in [4.78, 5) is 25.8. The summed E-state index contributed by atoms with van der Waals surface area (Å²) >= 11 is 2.68. The van der Waals surface area contributed by atoms with Gasteiger partial charge in [0.25, 0.3) is 0 Å². The zero-order valence-electron chi connectivity index (χ0n) is 16.4. The van der Waals surface area contributed by atoms with Crippen molar-refractivity contribution in [2.75, 3.05) is 17.7 Å². The van der Waals surface area contributed by atoms with Crippen molar-refractivity contribution in [1.82, 2.24) is 14.8 Å². The molecule has 2 aromatic heterocycles. The quantitative estimate of drug-likeness (QED) is 0.422. The van der Waals surface area contributed by atoms with Crippen LogP contribution in [0.2, 0.25) is 0 Å². The lowest BCUT2D eigenvalue weighted by Crippen LogP contribution is -2.16. The average molecular weight is 431 g/mol. The van der Waals surface area contributed by atoms with Gasteiger partial charge in [-0.1, -0.05) is 43.8 Å². The molecule has 1 amide bonds. The first-order valence-corrected chi connectivity index (χ1v) is 11.0. The van der Waals surface area contributed by atoms with Crippen molar-refractivity contribution >= 4 is 40.0 Å². The van der Waals surface area contributed by atoms with Crippen molar-refractivity contribution in [2.45, 2.75) is 31.8 Å². The lowest BCUT2D eigenvalue weighted by atomic mass is 10.1. The second kappa shape index (κ2) is 9.71. The Morgan fingerprint density at radius 2 is 2.03 bits per heavy atom. The number of hydrogen-bond donors (Lipinski definition) is 1. The Morgan fingerprint density at radius 1 is 1.28 bits per heavy atom. The number of nitrogens with one attached hydrogen (secondary N) is 1. The smallest absolute Gasteiger partial charge is 0.341 e. The van der Waals surface area contributed by atoms with Gasteiger partial charge in [-0.05, 0) is 31.0 Å². The van der Waals surface area contributed by atoms with E-state index in [2.05, 4.69) is 15.5 Å². The van der Waals surface area contributed by atoms with Gasteiger partial charge < -0.3 is 10.1 Å². The highest BCUT2D eigenvalue weighted by atomic mass is 32.2. The van der Waals surface area contributed by atoms with Gasteiger partial charge in [0, 0.05) is 10.6 Å². The fraction of sp³-hybridized carbons (Fsp3) is 0.300. The molecule has 0 unspecified atom stereocenters. The molecule has 0 spiro atoms. The number of hydrogen-bond acceptors (Lipinski definition) is 7. The fourth-order valence-electron chi connectivity index (χ4n) is 2.53. The van der Waals surface area contributed by atoms with Gasteiger partial charge in [0.15, 0.2) is 5.16 Å². The number of para-hydroxylation sites is 1. The predicted molar refractivity (Wildman–Crippen MR) is 115 cm³/mol. The van der Waals surface area contributed by atoms with Crippen LogP contribution in [0.25, 0.3) is 5.69 Å². The number of anilines is 1. The first-order chi connectivity index (χ1) is 14.0. The molecule has 1 N–H and O–H groups in total. The minimum atomic E-state index is -0.428. The maximum atomic E-state index is 12.5. The zero-order chi connectivity index (χ0) is 20.8. The first kappa shape index (κ1) is 21.1. The zero-order valence-corrected chi connectivity index (χ0v) is 18.0. The van der Waals surface area contributed by atoms with Crippen LogP contribution in [-0.2, 0) is 9.53 Å². The van der Waals surface area contributed by atoms with E-state index in [4.69, 9.17) is 4.74 Å². The van der Waals surface area contributed by atoms with E-state index < -0.39 is 5.97 Å². The molecule has 9 heteroatoms.